The molecule has 0 radical (unpaired) electrons. The highest BCUT2D eigenvalue weighted by Gasteiger charge is 2.13. The van der Waals surface area contributed by atoms with E-state index in [1.807, 2.05) is 36.1 Å². The van der Waals surface area contributed by atoms with Gasteiger partial charge in [0.1, 0.15) is 0 Å². The van der Waals surface area contributed by atoms with Gasteiger partial charge in [0.25, 0.3) is 5.91 Å². The molecule has 1 aromatic rings. The molecule has 0 unspecified atom stereocenters. The average Bonchev–Trinajstić information content (AvgIpc) is 2.59. The Morgan fingerprint density at radius 3 is 2.12 bits per heavy atom. The predicted molar refractivity (Wildman–Crippen MR) is 105 cm³/mol. The van der Waals surface area contributed by atoms with Crippen LogP contribution in [0.15, 0.2) is 24.3 Å². The van der Waals surface area contributed by atoms with E-state index in [-0.39, 0.29) is 24.2 Å². The molecule has 2 amide bonds. The van der Waals surface area contributed by atoms with Gasteiger partial charge >= 0.3 is 0 Å². The second-order valence-corrected chi connectivity index (χ2v) is 6.26. The molecule has 0 spiro atoms. The Hall–Kier alpha value is -1.59. The van der Waals surface area contributed by atoms with E-state index >= 15 is 0 Å². The highest BCUT2D eigenvalue weighted by atomic mass is 35.5. The largest absolute Gasteiger partial charge is 0.345 e. The Labute approximate surface area is 158 Å². The molecule has 25 heavy (non-hydrogen) atoms. The van der Waals surface area contributed by atoms with Gasteiger partial charge in [-0.2, -0.15) is 0 Å². The van der Waals surface area contributed by atoms with E-state index in [4.69, 9.17) is 5.73 Å². The minimum absolute atomic E-state index is 0. The third kappa shape index (κ3) is 8.36. The van der Waals surface area contributed by atoms with Gasteiger partial charge in [-0.25, -0.2) is 0 Å². The molecule has 0 saturated carbocycles. The topological polar surface area (TPSA) is 66.6 Å². The molecule has 1 rings (SSSR count). The SMILES string of the molecule is CCN(Cc1ccc(C(=O)N(C)C)cc1)C(=O)CCCCCCN.Cl. The molecule has 0 atom stereocenters. The van der Waals surface area contributed by atoms with Gasteiger partial charge in [0, 0.05) is 39.2 Å². The maximum Gasteiger partial charge on any atom is 0.253 e. The lowest BCUT2D eigenvalue weighted by Crippen LogP contribution is -2.30. The van der Waals surface area contributed by atoms with Crippen molar-refractivity contribution in [2.24, 2.45) is 5.73 Å². The number of unbranched alkanes of at least 4 members (excludes halogenated alkanes) is 3. The van der Waals surface area contributed by atoms with Crippen LogP contribution >= 0.6 is 12.4 Å². The van der Waals surface area contributed by atoms with E-state index in [0.29, 0.717) is 25.1 Å². The van der Waals surface area contributed by atoms with E-state index < -0.39 is 0 Å². The fraction of sp³-hybridized carbons (Fsp3) is 0.579. The van der Waals surface area contributed by atoms with Crippen LogP contribution in [-0.4, -0.2) is 48.8 Å². The van der Waals surface area contributed by atoms with Gasteiger partial charge in [-0.3, -0.25) is 9.59 Å². The summed E-state index contributed by atoms with van der Waals surface area (Å²) in [6, 6.07) is 7.49. The second kappa shape index (κ2) is 12.7. The molecular weight excluding hydrogens is 338 g/mol. The highest BCUT2D eigenvalue weighted by Crippen LogP contribution is 2.11. The summed E-state index contributed by atoms with van der Waals surface area (Å²) in [7, 11) is 3.47. The first-order valence-corrected chi connectivity index (χ1v) is 8.78. The highest BCUT2D eigenvalue weighted by molar-refractivity contribution is 5.93. The predicted octanol–water partition coefficient (Wildman–Crippen LogP) is 3.07. The second-order valence-electron chi connectivity index (χ2n) is 6.26. The zero-order valence-corrected chi connectivity index (χ0v) is 16.5. The maximum absolute atomic E-state index is 12.3. The monoisotopic (exact) mass is 369 g/mol. The van der Waals surface area contributed by atoms with Crippen LogP contribution in [0.2, 0.25) is 0 Å². The van der Waals surface area contributed by atoms with Crippen molar-refractivity contribution >= 4 is 24.2 Å². The van der Waals surface area contributed by atoms with Crippen LogP contribution in [0, 0.1) is 0 Å². The van der Waals surface area contributed by atoms with Gasteiger partial charge < -0.3 is 15.5 Å². The summed E-state index contributed by atoms with van der Waals surface area (Å²) in [6.07, 6.45) is 4.70. The molecule has 1 aromatic carbocycles. The van der Waals surface area contributed by atoms with Crippen molar-refractivity contribution in [3.05, 3.63) is 35.4 Å². The van der Waals surface area contributed by atoms with Crippen LogP contribution in [0.5, 0.6) is 0 Å². The van der Waals surface area contributed by atoms with Gasteiger partial charge in [0.15, 0.2) is 0 Å². The number of nitrogens with zero attached hydrogens (tertiary/aromatic N) is 2. The van der Waals surface area contributed by atoms with Crippen molar-refractivity contribution in [2.75, 3.05) is 27.2 Å². The van der Waals surface area contributed by atoms with Crippen LogP contribution in [0.3, 0.4) is 0 Å². The van der Waals surface area contributed by atoms with Crippen LogP contribution < -0.4 is 5.73 Å². The van der Waals surface area contributed by atoms with E-state index in [1.165, 1.54) is 0 Å². The smallest absolute Gasteiger partial charge is 0.253 e. The fourth-order valence-electron chi connectivity index (χ4n) is 2.54. The minimum atomic E-state index is -0.0116. The van der Waals surface area contributed by atoms with E-state index in [0.717, 1.165) is 37.8 Å². The minimum Gasteiger partial charge on any atom is -0.345 e. The van der Waals surface area contributed by atoms with Crippen molar-refractivity contribution in [2.45, 2.75) is 45.6 Å². The fourth-order valence-corrected chi connectivity index (χ4v) is 2.54. The average molecular weight is 370 g/mol. The lowest BCUT2D eigenvalue weighted by atomic mass is 10.1. The Bertz CT molecular complexity index is 518. The van der Waals surface area contributed by atoms with Crippen molar-refractivity contribution < 1.29 is 9.59 Å². The third-order valence-electron chi connectivity index (χ3n) is 4.06. The lowest BCUT2D eigenvalue weighted by Gasteiger charge is -2.21. The molecule has 5 nitrogen and oxygen atoms in total. The van der Waals surface area contributed by atoms with Crippen LogP contribution in [0.25, 0.3) is 0 Å². The number of halogens is 1. The summed E-state index contributed by atoms with van der Waals surface area (Å²) in [5.74, 6) is 0.182. The molecular formula is C19H32ClN3O2. The molecule has 0 saturated heterocycles. The number of carbonyl (C=O) groups is 2. The summed E-state index contributed by atoms with van der Waals surface area (Å²) in [4.78, 5) is 27.6. The number of nitrogens with two attached hydrogens (primary N) is 1. The van der Waals surface area contributed by atoms with Gasteiger partial charge in [-0.05, 0) is 44.0 Å². The summed E-state index contributed by atoms with van der Waals surface area (Å²) in [6.45, 7) is 4.01. The Balaban J connectivity index is 0.00000576. The number of rotatable bonds is 10. The number of hydrogen-bond donors (Lipinski definition) is 1. The first-order chi connectivity index (χ1) is 11.5. The Morgan fingerprint density at radius 2 is 1.60 bits per heavy atom. The van der Waals surface area contributed by atoms with Crippen molar-refractivity contribution in [3.8, 4) is 0 Å². The van der Waals surface area contributed by atoms with Crippen LogP contribution in [-0.2, 0) is 11.3 Å². The van der Waals surface area contributed by atoms with E-state index in [1.54, 1.807) is 19.0 Å². The summed E-state index contributed by atoms with van der Waals surface area (Å²) >= 11 is 0. The number of amides is 2. The van der Waals surface area contributed by atoms with E-state index in [2.05, 4.69) is 0 Å². The molecule has 0 aliphatic carbocycles. The first kappa shape index (κ1) is 23.4. The summed E-state index contributed by atoms with van der Waals surface area (Å²) in [5.41, 5.74) is 7.18. The molecule has 0 bridgehead atoms. The standard InChI is InChI=1S/C19H31N3O2.ClH/c1-4-22(18(23)9-7-5-6-8-14-20)15-16-10-12-17(13-11-16)19(24)21(2)3;/h10-13H,4-9,14-15,20H2,1-3H3;1H. The van der Waals surface area contributed by atoms with Crippen molar-refractivity contribution in [3.63, 3.8) is 0 Å². The lowest BCUT2D eigenvalue weighted by molar-refractivity contribution is -0.131. The Morgan fingerprint density at radius 1 is 1.00 bits per heavy atom. The van der Waals surface area contributed by atoms with E-state index in [9.17, 15) is 9.59 Å². The van der Waals surface area contributed by atoms with Gasteiger partial charge in [-0.15, -0.1) is 12.4 Å². The molecule has 0 aromatic heterocycles. The maximum atomic E-state index is 12.3. The van der Waals surface area contributed by atoms with Crippen molar-refractivity contribution in [1.29, 1.82) is 0 Å². The number of carbonyl (C=O) groups excluding carboxylic acids is 2. The van der Waals surface area contributed by atoms with Crippen molar-refractivity contribution in [1.82, 2.24) is 9.80 Å². The molecule has 2 N–H and O–H groups in total. The molecule has 0 aliphatic rings. The molecule has 0 heterocycles. The van der Waals surface area contributed by atoms with Crippen LogP contribution in [0.1, 0.15) is 54.9 Å². The summed E-state index contributed by atoms with van der Waals surface area (Å²) in [5, 5.41) is 0. The first-order valence-electron chi connectivity index (χ1n) is 8.78. The zero-order valence-electron chi connectivity index (χ0n) is 15.7. The normalized spacial score (nSPS) is 10.1. The molecule has 6 heteroatoms. The van der Waals surface area contributed by atoms with Gasteiger partial charge in [0.2, 0.25) is 5.91 Å². The zero-order chi connectivity index (χ0) is 17.9. The molecule has 142 valence electrons. The number of hydrogen-bond acceptors (Lipinski definition) is 3. The quantitative estimate of drug-likeness (QED) is 0.644. The molecule has 0 aliphatic heterocycles. The van der Waals surface area contributed by atoms with Crippen LogP contribution in [0.4, 0.5) is 0 Å². The van der Waals surface area contributed by atoms with Gasteiger partial charge in [-0.1, -0.05) is 25.0 Å². The van der Waals surface area contributed by atoms with Gasteiger partial charge in [0.05, 0.1) is 0 Å². The molecule has 0 fully saturated rings. The Kier molecular flexibility index (Phi) is 11.9. The number of benzene rings is 1. The summed E-state index contributed by atoms with van der Waals surface area (Å²) < 4.78 is 0. The third-order valence-corrected chi connectivity index (χ3v) is 4.06.